The van der Waals surface area contributed by atoms with Gasteiger partial charge in [0.1, 0.15) is 23.4 Å². The largest absolute Gasteiger partial charge is 0.455 e. The predicted octanol–water partition coefficient (Wildman–Crippen LogP) is 3.91. The molecule has 0 saturated carbocycles. The van der Waals surface area contributed by atoms with Crippen LogP contribution in [0.5, 0.6) is 11.5 Å². The van der Waals surface area contributed by atoms with Gasteiger partial charge in [0.2, 0.25) is 0 Å². The van der Waals surface area contributed by atoms with E-state index in [1.165, 1.54) is 18.3 Å². The van der Waals surface area contributed by atoms with Crippen LogP contribution < -0.4 is 4.74 Å². The lowest BCUT2D eigenvalue weighted by molar-refractivity contribution is -0.149. The van der Waals surface area contributed by atoms with E-state index in [1.54, 1.807) is 0 Å². The number of halogens is 4. The molecule has 3 nitrogen and oxygen atoms in total. The highest BCUT2D eigenvalue weighted by molar-refractivity contribution is 9.10. The molecule has 1 aromatic carbocycles. The Morgan fingerprint density at radius 2 is 2.05 bits per heavy atom. The molecule has 1 aromatic heterocycles. The number of nitrogens with zero attached hydrogens (tertiary/aromatic N) is 1. The Labute approximate surface area is 120 Å². The summed E-state index contributed by atoms with van der Waals surface area (Å²) in [6.45, 7) is 0. The summed E-state index contributed by atoms with van der Waals surface area (Å²) in [5, 5.41) is 9.44. The van der Waals surface area contributed by atoms with Crippen molar-refractivity contribution in [2.75, 3.05) is 0 Å². The average molecular weight is 346 g/mol. The molecule has 0 aliphatic heterocycles. The Kier molecular flexibility index (Phi) is 2.98. The van der Waals surface area contributed by atoms with E-state index < -0.39 is 23.4 Å². The molecule has 1 N–H and O–H groups in total. The van der Waals surface area contributed by atoms with Crippen molar-refractivity contribution in [2.24, 2.45) is 0 Å². The van der Waals surface area contributed by atoms with Crippen molar-refractivity contribution in [3.05, 3.63) is 52.0 Å². The number of fused-ring (bicyclic) bond motifs is 1. The van der Waals surface area contributed by atoms with Gasteiger partial charge in [-0.15, -0.1) is 0 Å². The number of hydrogen-bond donors (Lipinski definition) is 1. The number of rotatable bonds is 2. The smallest absolute Gasteiger partial charge is 0.306 e. The number of benzene rings is 1. The first-order valence-electron chi connectivity index (χ1n) is 5.58. The molecule has 0 radical (unpaired) electrons. The Hall–Kier alpha value is -1.60. The van der Waals surface area contributed by atoms with Gasteiger partial charge in [-0.05, 0) is 12.1 Å². The van der Waals surface area contributed by atoms with E-state index in [2.05, 4.69) is 20.9 Å². The van der Waals surface area contributed by atoms with Crippen LogP contribution in [0.15, 0.2) is 35.1 Å². The van der Waals surface area contributed by atoms with Gasteiger partial charge in [-0.3, -0.25) is 4.98 Å². The van der Waals surface area contributed by atoms with Crippen molar-refractivity contribution in [1.82, 2.24) is 4.98 Å². The molecule has 1 aliphatic rings. The number of pyridine rings is 1. The van der Waals surface area contributed by atoms with Gasteiger partial charge < -0.3 is 9.84 Å². The number of hydrogen-bond acceptors (Lipinski definition) is 3. The fourth-order valence-electron chi connectivity index (χ4n) is 2.09. The third-order valence-electron chi connectivity index (χ3n) is 3.01. The number of aliphatic hydroxyl groups excluding tert-OH is 1. The van der Waals surface area contributed by atoms with Gasteiger partial charge in [0.05, 0.1) is 18.0 Å². The van der Waals surface area contributed by atoms with Gasteiger partial charge in [-0.1, -0.05) is 15.9 Å². The topological polar surface area (TPSA) is 42.4 Å². The highest BCUT2D eigenvalue weighted by Crippen LogP contribution is 2.58. The van der Waals surface area contributed by atoms with Crippen LogP contribution in [-0.2, 0) is 5.92 Å². The van der Waals surface area contributed by atoms with Crippen LogP contribution in [-0.4, -0.2) is 10.1 Å². The summed E-state index contributed by atoms with van der Waals surface area (Å²) in [6.07, 6.45) is 0.316. The van der Waals surface area contributed by atoms with E-state index in [4.69, 9.17) is 4.74 Å². The molecule has 2 aromatic rings. The number of aromatic nitrogens is 1. The lowest BCUT2D eigenvalue weighted by Gasteiger charge is -2.37. The first-order valence-corrected chi connectivity index (χ1v) is 6.37. The minimum Gasteiger partial charge on any atom is -0.455 e. The Balaban J connectivity index is 2.04. The summed E-state index contributed by atoms with van der Waals surface area (Å²) >= 11 is 3.10. The molecule has 104 valence electrons. The summed E-state index contributed by atoms with van der Waals surface area (Å²) in [7, 11) is 0. The highest BCUT2D eigenvalue weighted by atomic mass is 79.9. The molecule has 0 amide bonds. The number of alkyl halides is 2. The number of ether oxygens (including phenoxy) is 1. The molecule has 7 heteroatoms. The lowest BCUT2D eigenvalue weighted by Crippen LogP contribution is -2.36. The fraction of sp³-hybridized carbons (Fsp3) is 0.154. The monoisotopic (exact) mass is 345 g/mol. The molecule has 1 aliphatic carbocycles. The molecule has 0 fully saturated rings. The molecule has 0 saturated heterocycles. The second-order valence-corrected chi connectivity index (χ2v) is 5.15. The van der Waals surface area contributed by atoms with E-state index >= 15 is 0 Å². The molecule has 0 spiro atoms. The SMILES string of the molecule is OC1c2c(Br)ccc(Oc3cncc(F)c3)c2C1(F)F. The van der Waals surface area contributed by atoms with Crippen molar-refractivity contribution in [1.29, 1.82) is 0 Å². The maximum atomic E-state index is 13.7. The molecule has 1 atom stereocenters. The van der Waals surface area contributed by atoms with Gasteiger partial charge in [0, 0.05) is 16.1 Å². The van der Waals surface area contributed by atoms with Gasteiger partial charge in [-0.2, -0.15) is 8.78 Å². The summed E-state index contributed by atoms with van der Waals surface area (Å²) in [5.74, 6) is -4.15. The normalized spacial score (nSPS) is 19.1. The van der Waals surface area contributed by atoms with Crippen LogP contribution >= 0.6 is 15.9 Å². The highest BCUT2D eigenvalue weighted by Gasteiger charge is 2.56. The second kappa shape index (κ2) is 4.46. The molecular weight excluding hydrogens is 339 g/mol. The average Bonchev–Trinajstić information content (AvgIpc) is 2.40. The van der Waals surface area contributed by atoms with Crippen molar-refractivity contribution in [3.63, 3.8) is 0 Å². The first kappa shape index (κ1) is 13.4. The van der Waals surface area contributed by atoms with Gasteiger partial charge in [0.25, 0.3) is 0 Å². The third-order valence-corrected chi connectivity index (χ3v) is 3.70. The Morgan fingerprint density at radius 3 is 2.75 bits per heavy atom. The molecule has 20 heavy (non-hydrogen) atoms. The maximum absolute atomic E-state index is 13.7. The van der Waals surface area contributed by atoms with Crippen LogP contribution in [0, 0.1) is 5.82 Å². The summed E-state index contributed by atoms with van der Waals surface area (Å²) in [5.41, 5.74) is -0.319. The Bertz CT molecular complexity index is 693. The Morgan fingerprint density at radius 1 is 1.30 bits per heavy atom. The standard InChI is InChI=1S/C13H7BrF3NO2/c14-8-1-2-9(11-10(8)12(19)13(11,16)17)20-7-3-6(15)4-18-5-7/h1-5,12,19H. The summed E-state index contributed by atoms with van der Waals surface area (Å²) < 4.78 is 46.0. The summed E-state index contributed by atoms with van der Waals surface area (Å²) in [4.78, 5) is 3.57. The molecule has 1 heterocycles. The fourth-order valence-corrected chi connectivity index (χ4v) is 2.63. The zero-order chi connectivity index (χ0) is 14.5. The molecule has 0 bridgehead atoms. The van der Waals surface area contributed by atoms with Crippen molar-refractivity contribution in [3.8, 4) is 11.5 Å². The minimum absolute atomic E-state index is 0.00622. The first-order chi connectivity index (χ1) is 9.41. The van der Waals surface area contributed by atoms with Crippen LogP contribution in [0.25, 0.3) is 0 Å². The van der Waals surface area contributed by atoms with E-state index in [0.29, 0.717) is 4.47 Å². The second-order valence-electron chi connectivity index (χ2n) is 4.30. The third kappa shape index (κ3) is 1.89. The summed E-state index contributed by atoms with van der Waals surface area (Å²) in [6, 6.07) is 3.85. The van der Waals surface area contributed by atoms with Gasteiger partial charge in [-0.25, -0.2) is 4.39 Å². The van der Waals surface area contributed by atoms with E-state index in [9.17, 15) is 18.3 Å². The van der Waals surface area contributed by atoms with Gasteiger partial charge in [0.15, 0.2) is 0 Å². The van der Waals surface area contributed by atoms with Crippen LogP contribution in [0.2, 0.25) is 0 Å². The van der Waals surface area contributed by atoms with E-state index in [-0.39, 0.29) is 17.1 Å². The molecular formula is C13H7BrF3NO2. The predicted molar refractivity (Wildman–Crippen MR) is 67.3 cm³/mol. The van der Waals surface area contributed by atoms with Crippen molar-refractivity contribution in [2.45, 2.75) is 12.0 Å². The maximum Gasteiger partial charge on any atom is 0.306 e. The van der Waals surface area contributed by atoms with Crippen molar-refractivity contribution >= 4 is 15.9 Å². The molecule has 3 rings (SSSR count). The lowest BCUT2D eigenvalue weighted by atomic mass is 9.80. The van der Waals surface area contributed by atoms with E-state index in [1.807, 2.05) is 0 Å². The van der Waals surface area contributed by atoms with E-state index in [0.717, 1.165) is 12.3 Å². The van der Waals surface area contributed by atoms with Crippen molar-refractivity contribution < 1.29 is 23.0 Å². The zero-order valence-corrected chi connectivity index (χ0v) is 11.4. The number of aliphatic hydroxyl groups is 1. The molecule has 1 unspecified atom stereocenters. The zero-order valence-electron chi connectivity index (χ0n) is 9.78. The minimum atomic E-state index is -3.39. The van der Waals surface area contributed by atoms with Crippen LogP contribution in [0.4, 0.5) is 13.2 Å². The van der Waals surface area contributed by atoms with Crippen LogP contribution in [0.1, 0.15) is 17.2 Å². The van der Waals surface area contributed by atoms with Gasteiger partial charge >= 0.3 is 5.92 Å². The van der Waals surface area contributed by atoms with Crippen LogP contribution in [0.3, 0.4) is 0 Å². The quantitative estimate of drug-likeness (QED) is 0.897.